The molecule has 0 amide bonds. The van der Waals surface area contributed by atoms with E-state index < -0.39 is 5.97 Å². The third-order valence-corrected chi connectivity index (χ3v) is 5.49. The molecule has 1 aromatic rings. The van der Waals surface area contributed by atoms with Gasteiger partial charge in [-0.1, -0.05) is 20.8 Å². The van der Waals surface area contributed by atoms with E-state index in [1.54, 1.807) is 11.3 Å². The van der Waals surface area contributed by atoms with Crippen LogP contribution in [0.2, 0.25) is 0 Å². The zero-order valence-corrected chi connectivity index (χ0v) is 14.0. The molecule has 0 radical (unpaired) electrons. The summed E-state index contributed by atoms with van der Waals surface area (Å²) in [5.74, 6) is 0.569. The van der Waals surface area contributed by atoms with Crippen LogP contribution < -0.4 is 0 Å². The summed E-state index contributed by atoms with van der Waals surface area (Å²) in [5.41, 5.74) is 1.16. The Morgan fingerprint density at radius 1 is 1.52 bits per heavy atom. The molecule has 1 aromatic heterocycles. The zero-order valence-electron chi connectivity index (χ0n) is 13.2. The molecule has 0 aromatic carbocycles. The monoisotopic (exact) mass is 310 g/mol. The first kappa shape index (κ1) is 16.4. The fourth-order valence-corrected chi connectivity index (χ4v) is 3.86. The number of aliphatic carboxylic acids is 1. The van der Waals surface area contributed by atoms with Crippen molar-refractivity contribution in [2.45, 2.75) is 52.5 Å². The van der Waals surface area contributed by atoms with E-state index in [2.05, 4.69) is 31.1 Å². The summed E-state index contributed by atoms with van der Waals surface area (Å²) < 4.78 is 0. The maximum Gasteiger partial charge on any atom is 0.303 e. The van der Waals surface area contributed by atoms with Gasteiger partial charge in [-0.3, -0.25) is 9.69 Å². The van der Waals surface area contributed by atoms with Crippen LogP contribution in [0.25, 0.3) is 0 Å². The van der Waals surface area contributed by atoms with Crippen LogP contribution in [0.4, 0.5) is 0 Å². The summed E-state index contributed by atoms with van der Waals surface area (Å²) in [5, 5.41) is 12.3. The maximum atomic E-state index is 10.9. The van der Waals surface area contributed by atoms with Crippen molar-refractivity contribution in [1.29, 1.82) is 0 Å². The normalized spacial score (nSPS) is 21.6. The number of piperidine rings is 1. The summed E-state index contributed by atoms with van der Waals surface area (Å²) in [6.07, 6.45) is 2.60. The van der Waals surface area contributed by atoms with Gasteiger partial charge in [0.05, 0.1) is 10.7 Å². The lowest BCUT2D eigenvalue weighted by Crippen LogP contribution is -2.37. The number of nitrogens with zero attached hydrogens (tertiary/aromatic N) is 2. The standard InChI is InChI=1S/C16H26N2O2S/c1-11(2)16-17-14(10-21-16)9-18-6-4-5-13(8-18)12(3)7-15(19)20/h10-13H,4-9H2,1-3H3,(H,19,20). The van der Waals surface area contributed by atoms with Gasteiger partial charge < -0.3 is 5.11 Å². The van der Waals surface area contributed by atoms with Gasteiger partial charge in [-0.25, -0.2) is 4.98 Å². The Morgan fingerprint density at radius 2 is 2.29 bits per heavy atom. The van der Waals surface area contributed by atoms with Crippen molar-refractivity contribution in [3.63, 3.8) is 0 Å². The Bertz CT molecular complexity index is 473. The average molecular weight is 310 g/mol. The Kier molecular flexibility index (Phi) is 5.76. The largest absolute Gasteiger partial charge is 0.481 e. The smallest absolute Gasteiger partial charge is 0.303 e. The van der Waals surface area contributed by atoms with E-state index in [0.29, 0.717) is 11.8 Å². The molecule has 4 nitrogen and oxygen atoms in total. The van der Waals surface area contributed by atoms with Crippen molar-refractivity contribution in [2.75, 3.05) is 13.1 Å². The number of hydrogen-bond donors (Lipinski definition) is 1. The number of carboxylic acid groups (broad SMARTS) is 1. The van der Waals surface area contributed by atoms with Crippen LogP contribution in [0.5, 0.6) is 0 Å². The van der Waals surface area contributed by atoms with E-state index in [4.69, 9.17) is 10.1 Å². The SMILES string of the molecule is CC(C)c1nc(CN2CCCC(C(C)CC(=O)O)C2)cs1. The highest BCUT2D eigenvalue weighted by atomic mass is 32.1. The van der Waals surface area contributed by atoms with Crippen molar-refractivity contribution in [2.24, 2.45) is 11.8 Å². The summed E-state index contributed by atoms with van der Waals surface area (Å²) in [7, 11) is 0. The molecule has 0 aliphatic carbocycles. The Morgan fingerprint density at radius 3 is 2.90 bits per heavy atom. The molecule has 0 spiro atoms. The lowest BCUT2D eigenvalue weighted by Gasteiger charge is -2.35. The van der Waals surface area contributed by atoms with Gasteiger partial charge in [0.25, 0.3) is 0 Å². The lowest BCUT2D eigenvalue weighted by atomic mass is 9.84. The lowest BCUT2D eigenvalue weighted by molar-refractivity contribution is -0.138. The summed E-state index contributed by atoms with van der Waals surface area (Å²) >= 11 is 1.75. The Labute approximate surface area is 131 Å². The maximum absolute atomic E-state index is 10.9. The molecule has 118 valence electrons. The third-order valence-electron chi connectivity index (χ3n) is 4.29. The number of thiazole rings is 1. The average Bonchev–Trinajstić information content (AvgIpc) is 2.87. The second-order valence-electron chi connectivity index (χ2n) is 6.54. The number of carboxylic acids is 1. The second-order valence-corrected chi connectivity index (χ2v) is 7.43. The molecule has 1 N–H and O–H groups in total. The van der Waals surface area contributed by atoms with E-state index in [-0.39, 0.29) is 12.3 Å². The summed E-state index contributed by atoms with van der Waals surface area (Å²) in [6.45, 7) is 9.43. The molecule has 1 aliphatic heterocycles. The fraction of sp³-hybridized carbons (Fsp3) is 0.750. The molecule has 2 rings (SSSR count). The van der Waals surface area contributed by atoms with Gasteiger partial charge in [-0.15, -0.1) is 11.3 Å². The van der Waals surface area contributed by atoms with Gasteiger partial charge in [-0.2, -0.15) is 0 Å². The molecule has 21 heavy (non-hydrogen) atoms. The molecule has 0 saturated carbocycles. The van der Waals surface area contributed by atoms with Crippen LogP contribution in [-0.2, 0) is 11.3 Å². The van der Waals surface area contributed by atoms with Gasteiger partial charge in [0.2, 0.25) is 0 Å². The second kappa shape index (κ2) is 7.36. The molecule has 0 bridgehead atoms. The number of rotatable bonds is 6. The molecular weight excluding hydrogens is 284 g/mol. The quantitative estimate of drug-likeness (QED) is 0.872. The van der Waals surface area contributed by atoms with Crippen molar-refractivity contribution >= 4 is 17.3 Å². The number of carbonyl (C=O) groups is 1. The Hall–Kier alpha value is -0.940. The predicted octanol–water partition coefficient (Wildman–Crippen LogP) is 3.59. The highest BCUT2D eigenvalue weighted by Crippen LogP contribution is 2.27. The van der Waals surface area contributed by atoms with E-state index in [9.17, 15) is 4.79 Å². The van der Waals surface area contributed by atoms with Crippen LogP contribution in [0.1, 0.15) is 56.7 Å². The number of likely N-dealkylation sites (tertiary alicyclic amines) is 1. The van der Waals surface area contributed by atoms with Gasteiger partial charge in [0, 0.05) is 30.8 Å². The van der Waals surface area contributed by atoms with Crippen LogP contribution in [0.15, 0.2) is 5.38 Å². The van der Waals surface area contributed by atoms with Crippen LogP contribution in [0.3, 0.4) is 0 Å². The van der Waals surface area contributed by atoms with Gasteiger partial charge in [0.1, 0.15) is 0 Å². The highest BCUT2D eigenvalue weighted by molar-refractivity contribution is 7.09. The minimum Gasteiger partial charge on any atom is -0.481 e. The predicted molar refractivity (Wildman–Crippen MR) is 85.6 cm³/mol. The highest BCUT2D eigenvalue weighted by Gasteiger charge is 2.26. The minimum absolute atomic E-state index is 0.256. The van der Waals surface area contributed by atoms with Crippen molar-refractivity contribution in [1.82, 2.24) is 9.88 Å². The van der Waals surface area contributed by atoms with Gasteiger partial charge in [0.15, 0.2) is 0 Å². The topological polar surface area (TPSA) is 53.4 Å². The molecule has 2 atom stereocenters. The first-order chi connectivity index (χ1) is 9.95. The van der Waals surface area contributed by atoms with Crippen molar-refractivity contribution in [3.05, 3.63) is 16.1 Å². The third kappa shape index (κ3) is 4.78. The fourth-order valence-electron chi connectivity index (χ4n) is 3.03. The summed E-state index contributed by atoms with van der Waals surface area (Å²) in [4.78, 5) is 18.0. The zero-order chi connectivity index (χ0) is 15.4. The molecule has 1 saturated heterocycles. The van der Waals surface area contributed by atoms with Crippen LogP contribution >= 0.6 is 11.3 Å². The molecule has 1 aliphatic rings. The van der Waals surface area contributed by atoms with E-state index in [1.807, 2.05) is 0 Å². The summed E-state index contributed by atoms with van der Waals surface area (Å²) in [6, 6.07) is 0. The Balaban J connectivity index is 1.89. The van der Waals surface area contributed by atoms with Crippen LogP contribution in [-0.4, -0.2) is 34.0 Å². The molecule has 2 unspecified atom stereocenters. The number of hydrogen-bond acceptors (Lipinski definition) is 4. The van der Waals surface area contributed by atoms with E-state index >= 15 is 0 Å². The first-order valence-corrected chi connectivity index (χ1v) is 8.72. The number of aromatic nitrogens is 1. The van der Waals surface area contributed by atoms with Gasteiger partial charge >= 0.3 is 5.97 Å². The molecular formula is C16H26N2O2S. The van der Waals surface area contributed by atoms with E-state index in [1.165, 1.54) is 5.01 Å². The van der Waals surface area contributed by atoms with Crippen LogP contribution in [0, 0.1) is 11.8 Å². The van der Waals surface area contributed by atoms with Crippen molar-refractivity contribution in [3.8, 4) is 0 Å². The van der Waals surface area contributed by atoms with E-state index in [0.717, 1.165) is 38.2 Å². The minimum atomic E-state index is -0.680. The van der Waals surface area contributed by atoms with Gasteiger partial charge in [-0.05, 0) is 31.2 Å². The first-order valence-electron chi connectivity index (χ1n) is 7.84. The molecule has 5 heteroatoms. The molecule has 1 fully saturated rings. The molecule has 2 heterocycles. The van der Waals surface area contributed by atoms with Crippen molar-refractivity contribution < 1.29 is 9.90 Å².